The third-order valence-corrected chi connectivity index (χ3v) is 3.14. The van der Waals surface area contributed by atoms with E-state index in [0.717, 1.165) is 37.8 Å². The SMILES string of the molecule is CN(Cc1ccc(Cl)cc1)CC1CNCCO1. The zero-order chi connectivity index (χ0) is 12.1. The topological polar surface area (TPSA) is 24.5 Å². The second-order valence-electron chi connectivity index (χ2n) is 4.52. The van der Waals surface area contributed by atoms with Crippen LogP contribution >= 0.6 is 11.6 Å². The lowest BCUT2D eigenvalue weighted by Gasteiger charge is -2.28. The van der Waals surface area contributed by atoms with Crippen LogP contribution in [0.15, 0.2) is 24.3 Å². The Balaban J connectivity index is 1.79. The maximum Gasteiger partial charge on any atom is 0.0826 e. The smallest absolute Gasteiger partial charge is 0.0826 e. The Labute approximate surface area is 108 Å². The van der Waals surface area contributed by atoms with Gasteiger partial charge >= 0.3 is 0 Å². The molecule has 0 saturated carbocycles. The standard InChI is InChI=1S/C13H19ClN2O/c1-16(10-13-8-15-6-7-17-13)9-11-2-4-12(14)5-3-11/h2-5,13,15H,6-10H2,1H3. The minimum absolute atomic E-state index is 0.307. The molecule has 0 bridgehead atoms. The van der Waals surface area contributed by atoms with Crippen molar-refractivity contribution < 1.29 is 4.74 Å². The van der Waals surface area contributed by atoms with E-state index in [0.29, 0.717) is 6.10 Å². The molecule has 94 valence electrons. The van der Waals surface area contributed by atoms with Crippen molar-refractivity contribution in [3.05, 3.63) is 34.9 Å². The van der Waals surface area contributed by atoms with Crippen molar-refractivity contribution in [3.8, 4) is 0 Å². The first-order valence-corrected chi connectivity index (χ1v) is 6.37. The molecule has 0 radical (unpaired) electrons. The third-order valence-electron chi connectivity index (χ3n) is 2.89. The van der Waals surface area contributed by atoms with Crippen LogP contribution in [0.5, 0.6) is 0 Å². The van der Waals surface area contributed by atoms with E-state index in [4.69, 9.17) is 16.3 Å². The zero-order valence-electron chi connectivity index (χ0n) is 10.2. The number of rotatable bonds is 4. The van der Waals surface area contributed by atoms with Crippen LogP contribution < -0.4 is 5.32 Å². The fourth-order valence-corrected chi connectivity index (χ4v) is 2.18. The number of hydrogen-bond acceptors (Lipinski definition) is 3. The van der Waals surface area contributed by atoms with E-state index in [2.05, 4.69) is 29.4 Å². The van der Waals surface area contributed by atoms with E-state index in [-0.39, 0.29) is 0 Å². The van der Waals surface area contributed by atoms with Gasteiger partial charge in [-0.2, -0.15) is 0 Å². The second kappa shape index (κ2) is 6.36. The van der Waals surface area contributed by atoms with E-state index < -0.39 is 0 Å². The molecule has 1 atom stereocenters. The quantitative estimate of drug-likeness (QED) is 0.886. The first-order valence-electron chi connectivity index (χ1n) is 5.99. The lowest BCUT2D eigenvalue weighted by Crippen LogP contribution is -2.44. The Morgan fingerprint density at radius 2 is 2.18 bits per heavy atom. The van der Waals surface area contributed by atoms with E-state index in [9.17, 15) is 0 Å². The van der Waals surface area contributed by atoms with Crippen molar-refractivity contribution in [1.82, 2.24) is 10.2 Å². The van der Waals surface area contributed by atoms with Gasteiger partial charge in [-0.15, -0.1) is 0 Å². The summed E-state index contributed by atoms with van der Waals surface area (Å²) in [5.41, 5.74) is 1.28. The molecular weight excluding hydrogens is 236 g/mol. The van der Waals surface area contributed by atoms with Crippen LogP contribution in [0.25, 0.3) is 0 Å². The average molecular weight is 255 g/mol. The van der Waals surface area contributed by atoms with Crippen molar-refractivity contribution in [3.63, 3.8) is 0 Å². The molecule has 0 amide bonds. The molecule has 4 heteroatoms. The molecule has 1 aliphatic rings. The van der Waals surface area contributed by atoms with Crippen molar-refractivity contribution in [1.29, 1.82) is 0 Å². The van der Waals surface area contributed by atoms with Crippen LogP contribution in [-0.4, -0.2) is 44.3 Å². The van der Waals surface area contributed by atoms with Gasteiger partial charge in [0.2, 0.25) is 0 Å². The number of hydrogen-bond donors (Lipinski definition) is 1. The Morgan fingerprint density at radius 3 is 2.82 bits per heavy atom. The number of likely N-dealkylation sites (N-methyl/N-ethyl adjacent to an activating group) is 1. The summed E-state index contributed by atoms with van der Waals surface area (Å²) in [5.74, 6) is 0. The molecule has 1 aromatic rings. The van der Waals surface area contributed by atoms with Gasteiger partial charge in [0.1, 0.15) is 0 Å². The number of halogens is 1. The molecule has 0 aliphatic carbocycles. The molecule has 1 saturated heterocycles. The van der Waals surface area contributed by atoms with Gasteiger partial charge < -0.3 is 10.1 Å². The minimum Gasteiger partial charge on any atom is -0.374 e. The second-order valence-corrected chi connectivity index (χ2v) is 4.96. The lowest BCUT2D eigenvalue weighted by molar-refractivity contribution is 0.00885. The molecular formula is C13H19ClN2O. The molecule has 1 fully saturated rings. The zero-order valence-corrected chi connectivity index (χ0v) is 10.9. The van der Waals surface area contributed by atoms with Crippen LogP contribution in [-0.2, 0) is 11.3 Å². The van der Waals surface area contributed by atoms with Crippen LogP contribution in [0.4, 0.5) is 0 Å². The molecule has 1 aromatic carbocycles. The number of nitrogens with one attached hydrogen (secondary N) is 1. The van der Waals surface area contributed by atoms with Crippen molar-refractivity contribution in [2.24, 2.45) is 0 Å². The highest BCUT2D eigenvalue weighted by atomic mass is 35.5. The van der Waals surface area contributed by atoms with E-state index in [1.54, 1.807) is 0 Å². The summed E-state index contributed by atoms with van der Waals surface area (Å²) < 4.78 is 5.68. The summed E-state index contributed by atoms with van der Waals surface area (Å²) in [7, 11) is 2.12. The fourth-order valence-electron chi connectivity index (χ4n) is 2.05. The maximum atomic E-state index is 5.86. The Hall–Kier alpha value is -0.610. The number of morpholine rings is 1. The molecule has 0 aromatic heterocycles. The summed E-state index contributed by atoms with van der Waals surface area (Å²) in [6.45, 7) is 4.62. The highest BCUT2D eigenvalue weighted by Gasteiger charge is 2.15. The predicted octanol–water partition coefficient (Wildman–Crippen LogP) is 1.76. The van der Waals surface area contributed by atoms with E-state index in [1.807, 2.05) is 12.1 Å². The number of benzene rings is 1. The summed E-state index contributed by atoms with van der Waals surface area (Å²) >= 11 is 5.86. The van der Waals surface area contributed by atoms with Gasteiger partial charge in [0.05, 0.1) is 12.7 Å². The minimum atomic E-state index is 0.307. The van der Waals surface area contributed by atoms with Gasteiger partial charge in [-0.3, -0.25) is 4.90 Å². The third kappa shape index (κ3) is 4.28. The van der Waals surface area contributed by atoms with Gasteiger partial charge in [-0.25, -0.2) is 0 Å². The van der Waals surface area contributed by atoms with Crippen LogP contribution in [0.2, 0.25) is 5.02 Å². The van der Waals surface area contributed by atoms with Gasteiger partial charge in [0.15, 0.2) is 0 Å². The van der Waals surface area contributed by atoms with Crippen molar-refractivity contribution in [2.45, 2.75) is 12.6 Å². The van der Waals surface area contributed by atoms with E-state index in [1.165, 1.54) is 5.56 Å². The molecule has 1 N–H and O–H groups in total. The predicted molar refractivity (Wildman–Crippen MR) is 70.4 cm³/mol. The van der Waals surface area contributed by atoms with Gasteiger partial charge in [-0.1, -0.05) is 23.7 Å². The van der Waals surface area contributed by atoms with Crippen LogP contribution in [0.3, 0.4) is 0 Å². The summed E-state index contributed by atoms with van der Waals surface area (Å²) in [5, 5.41) is 4.13. The number of ether oxygens (including phenoxy) is 1. The van der Waals surface area contributed by atoms with Gasteiger partial charge in [0.25, 0.3) is 0 Å². The van der Waals surface area contributed by atoms with Crippen LogP contribution in [0, 0.1) is 0 Å². The monoisotopic (exact) mass is 254 g/mol. The average Bonchev–Trinajstić information content (AvgIpc) is 2.33. The van der Waals surface area contributed by atoms with Gasteiger partial charge in [-0.05, 0) is 24.7 Å². The molecule has 1 unspecified atom stereocenters. The first-order chi connectivity index (χ1) is 8.24. The summed E-state index contributed by atoms with van der Waals surface area (Å²) in [4.78, 5) is 2.28. The molecule has 0 spiro atoms. The molecule has 1 aliphatic heterocycles. The molecule has 2 rings (SSSR count). The van der Waals surface area contributed by atoms with Crippen molar-refractivity contribution in [2.75, 3.05) is 33.3 Å². The molecule has 3 nitrogen and oxygen atoms in total. The Kier molecular flexibility index (Phi) is 4.80. The summed E-state index contributed by atoms with van der Waals surface area (Å²) in [6, 6.07) is 8.00. The first kappa shape index (κ1) is 12.8. The number of nitrogens with zero attached hydrogens (tertiary/aromatic N) is 1. The Bertz CT molecular complexity index is 336. The lowest BCUT2D eigenvalue weighted by atomic mass is 10.2. The Morgan fingerprint density at radius 1 is 1.41 bits per heavy atom. The van der Waals surface area contributed by atoms with Crippen molar-refractivity contribution >= 4 is 11.6 Å². The normalized spacial score (nSPS) is 20.8. The highest BCUT2D eigenvalue weighted by molar-refractivity contribution is 6.30. The highest BCUT2D eigenvalue weighted by Crippen LogP contribution is 2.11. The summed E-state index contributed by atoms with van der Waals surface area (Å²) in [6.07, 6.45) is 0.307. The molecule has 1 heterocycles. The van der Waals surface area contributed by atoms with Crippen LogP contribution in [0.1, 0.15) is 5.56 Å². The largest absolute Gasteiger partial charge is 0.374 e. The van der Waals surface area contributed by atoms with E-state index >= 15 is 0 Å². The molecule has 17 heavy (non-hydrogen) atoms. The maximum absolute atomic E-state index is 5.86. The van der Waals surface area contributed by atoms with Gasteiger partial charge in [0, 0.05) is 31.2 Å². The fraction of sp³-hybridized carbons (Fsp3) is 0.538.